The summed E-state index contributed by atoms with van der Waals surface area (Å²) in [5.74, 6) is 0.116. The van der Waals surface area contributed by atoms with Crippen LogP contribution in [0.15, 0.2) is 54.6 Å². The minimum absolute atomic E-state index is 0.116. The molecule has 0 saturated carbocycles. The number of benzene rings is 2. The van der Waals surface area contributed by atoms with Crippen LogP contribution in [0.4, 0.5) is 11.4 Å². The van der Waals surface area contributed by atoms with Crippen LogP contribution in [0.1, 0.15) is 13.3 Å². The van der Waals surface area contributed by atoms with Crippen molar-refractivity contribution in [3.05, 3.63) is 59.6 Å². The van der Waals surface area contributed by atoms with Gasteiger partial charge in [-0.1, -0.05) is 29.8 Å². The van der Waals surface area contributed by atoms with Gasteiger partial charge >= 0.3 is 0 Å². The zero-order valence-corrected chi connectivity index (χ0v) is 12.8. The van der Waals surface area contributed by atoms with Crippen molar-refractivity contribution in [3.8, 4) is 0 Å². The number of rotatable bonds is 6. The maximum atomic E-state index is 12.3. The smallest absolute Gasteiger partial charge is 0.228 e. The van der Waals surface area contributed by atoms with Gasteiger partial charge in [-0.2, -0.15) is 0 Å². The fourth-order valence-corrected chi connectivity index (χ4v) is 2.25. The lowest BCUT2D eigenvalue weighted by Crippen LogP contribution is -2.31. The van der Waals surface area contributed by atoms with Crippen LogP contribution in [0.5, 0.6) is 0 Å². The molecule has 0 spiro atoms. The molecule has 0 unspecified atom stereocenters. The summed E-state index contributed by atoms with van der Waals surface area (Å²) in [6.45, 7) is 3.26. The highest BCUT2D eigenvalue weighted by molar-refractivity contribution is 6.30. The monoisotopic (exact) mass is 302 g/mol. The molecule has 0 aromatic heterocycles. The number of carbonyl (C=O) groups is 1. The molecule has 0 bridgehead atoms. The molecule has 0 aliphatic carbocycles. The first kappa shape index (κ1) is 15.4. The SMILES string of the molecule is CCN(C(=O)CCNc1ccc(Cl)cc1)c1ccccc1. The topological polar surface area (TPSA) is 32.3 Å². The van der Waals surface area contributed by atoms with E-state index >= 15 is 0 Å². The van der Waals surface area contributed by atoms with Gasteiger partial charge in [-0.3, -0.25) is 4.79 Å². The van der Waals surface area contributed by atoms with E-state index in [-0.39, 0.29) is 5.91 Å². The summed E-state index contributed by atoms with van der Waals surface area (Å²) in [5.41, 5.74) is 1.91. The van der Waals surface area contributed by atoms with Gasteiger partial charge in [0.25, 0.3) is 0 Å². The van der Waals surface area contributed by atoms with Gasteiger partial charge in [0, 0.05) is 35.9 Å². The Kier molecular flexibility index (Phi) is 5.64. The number of nitrogens with one attached hydrogen (secondary N) is 1. The maximum Gasteiger partial charge on any atom is 0.228 e. The molecular weight excluding hydrogens is 284 g/mol. The zero-order chi connectivity index (χ0) is 15.1. The van der Waals surface area contributed by atoms with Crippen LogP contribution >= 0.6 is 11.6 Å². The summed E-state index contributed by atoms with van der Waals surface area (Å²) in [5, 5.41) is 3.93. The van der Waals surface area contributed by atoms with E-state index in [1.54, 1.807) is 4.90 Å². The van der Waals surface area contributed by atoms with Gasteiger partial charge in [-0.15, -0.1) is 0 Å². The molecule has 1 amide bonds. The zero-order valence-electron chi connectivity index (χ0n) is 12.1. The molecule has 0 saturated heterocycles. The molecule has 110 valence electrons. The molecule has 3 nitrogen and oxygen atoms in total. The third-order valence-electron chi connectivity index (χ3n) is 3.20. The first-order chi connectivity index (χ1) is 10.2. The van der Waals surface area contributed by atoms with E-state index < -0.39 is 0 Å². The number of hydrogen-bond donors (Lipinski definition) is 1. The van der Waals surface area contributed by atoms with Gasteiger partial charge < -0.3 is 10.2 Å². The average Bonchev–Trinajstić information content (AvgIpc) is 2.51. The average molecular weight is 303 g/mol. The minimum Gasteiger partial charge on any atom is -0.385 e. The highest BCUT2D eigenvalue weighted by Gasteiger charge is 2.12. The van der Waals surface area contributed by atoms with Gasteiger partial charge in [0.05, 0.1) is 0 Å². The predicted octanol–water partition coefficient (Wildman–Crippen LogP) is 4.20. The Morgan fingerprint density at radius 1 is 1.10 bits per heavy atom. The van der Waals surface area contributed by atoms with E-state index in [1.165, 1.54) is 0 Å². The molecule has 2 aromatic rings. The molecule has 21 heavy (non-hydrogen) atoms. The van der Waals surface area contributed by atoms with Gasteiger partial charge in [0.1, 0.15) is 0 Å². The van der Waals surface area contributed by atoms with Gasteiger partial charge in [0.15, 0.2) is 0 Å². The maximum absolute atomic E-state index is 12.3. The van der Waals surface area contributed by atoms with E-state index in [4.69, 9.17) is 11.6 Å². The lowest BCUT2D eigenvalue weighted by molar-refractivity contribution is -0.118. The molecule has 0 fully saturated rings. The highest BCUT2D eigenvalue weighted by atomic mass is 35.5. The fraction of sp³-hybridized carbons (Fsp3) is 0.235. The molecule has 4 heteroatoms. The van der Waals surface area contributed by atoms with Gasteiger partial charge in [-0.25, -0.2) is 0 Å². The second-order valence-electron chi connectivity index (χ2n) is 4.66. The van der Waals surface area contributed by atoms with Crippen molar-refractivity contribution in [1.82, 2.24) is 0 Å². The lowest BCUT2D eigenvalue weighted by Gasteiger charge is -2.21. The Bertz CT molecular complexity index is 569. The standard InChI is InChI=1S/C17H19ClN2O/c1-2-20(16-6-4-3-5-7-16)17(21)12-13-19-15-10-8-14(18)9-11-15/h3-11,19H,2,12-13H2,1H3. The highest BCUT2D eigenvalue weighted by Crippen LogP contribution is 2.15. The summed E-state index contributed by atoms with van der Waals surface area (Å²) in [6.07, 6.45) is 0.450. The molecule has 0 radical (unpaired) electrons. The van der Waals surface area contributed by atoms with Crippen LogP contribution in [0.3, 0.4) is 0 Å². The predicted molar refractivity (Wildman–Crippen MR) is 89.0 cm³/mol. The van der Waals surface area contributed by atoms with Crippen molar-refractivity contribution in [2.45, 2.75) is 13.3 Å². The molecule has 2 rings (SSSR count). The fourth-order valence-electron chi connectivity index (χ4n) is 2.13. The number of amides is 1. The van der Waals surface area contributed by atoms with Crippen molar-refractivity contribution in [3.63, 3.8) is 0 Å². The molecule has 0 aliphatic heterocycles. The van der Waals surface area contributed by atoms with Gasteiger partial charge in [0.2, 0.25) is 5.91 Å². The van der Waals surface area contributed by atoms with Crippen molar-refractivity contribution in [2.75, 3.05) is 23.3 Å². The third kappa shape index (κ3) is 4.50. The van der Waals surface area contributed by atoms with E-state index in [1.807, 2.05) is 61.5 Å². The minimum atomic E-state index is 0.116. The molecule has 1 N–H and O–H groups in total. The lowest BCUT2D eigenvalue weighted by atomic mass is 10.2. The Labute approximate surface area is 130 Å². The van der Waals surface area contributed by atoms with Crippen molar-refractivity contribution < 1.29 is 4.79 Å². The molecule has 0 atom stereocenters. The van der Waals surface area contributed by atoms with Crippen molar-refractivity contribution in [1.29, 1.82) is 0 Å². The summed E-state index contributed by atoms with van der Waals surface area (Å²) >= 11 is 5.84. The first-order valence-corrected chi connectivity index (χ1v) is 7.43. The van der Waals surface area contributed by atoms with Crippen LogP contribution < -0.4 is 10.2 Å². The largest absolute Gasteiger partial charge is 0.385 e. The molecule has 0 heterocycles. The molecular formula is C17H19ClN2O. The van der Waals surface area contributed by atoms with Gasteiger partial charge in [-0.05, 0) is 43.3 Å². The number of anilines is 2. The summed E-state index contributed by atoms with van der Waals surface area (Å²) in [4.78, 5) is 14.1. The Balaban J connectivity index is 1.87. The van der Waals surface area contributed by atoms with E-state index in [9.17, 15) is 4.79 Å². The number of para-hydroxylation sites is 1. The van der Waals surface area contributed by atoms with Crippen LogP contribution in [-0.4, -0.2) is 19.0 Å². The molecule has 2 aromatic carbocycles. The summed E-state index contributed by atoms with van der Waals surface area (Å²) < 4.78 is 0. The van der Waals surface area contributed by atoms with Crippen molar-refractivity contribution >= 4 is 28.9 Å². The summed E-state index contributed by atoms with van der Waals surface area (Å²) in [6, 6.07) is 17.2. The van der Waals surface area contributed by atoms with Crippen LogP contribution in [0.25, 0.3) is 0 Å². The quantitative estimate of drug-likeness (QED) is 0.867. The van der Waals surface area contributed by atoms with E-state index in [0.717, 1.165) is 11.4 Å². The van der Waals surface area contributed by atoms with E-state index in [0.29, 0.717) is 24.5 Å². The van der Waals surface area contributed by atoms with Crippen LogP contribution in [0, 0.1) is 0 Å². The second kappa shape index (κ2) is 7.70. The third-order valence-corrected chi connectivity index (χ3v) is 3.45. The number of halogens is 1. The Morgan fingerprint density at radius 2 is 1.76 bits per heavy atom. The Hall–Kier alpha value is -2.00. The number of hydrogen-bond acceptors (Lipinski definition) is 2. The second-order valence-corrected chi connectivity index (χ2v) is 5.09. The Morgan fingerprint density at radius 3 is 2.38 bits per heavy atom. The normalized spacial score (nSPS) is 10.2. The number of nitrogens with zero attached hydrogens (tertiary/aromatic N) is 1. The van der Waals surface area contributed by atoms with E-state index in [2.05, 4.69) is 5.32 Å². The molecule has 0 aliphatic rings. The number of carbonyl (C=O) groups excluding carboxylic acids is 1. The first-order valence-electron chi connectivity index (χ1n) is 7.05. The summed E-state index contributed by atoms with van der Waals surface area (Å²) in [7, 11) is 0. The van der Waals surface area contributed by atoms with Crippen molar-refractivity contribution in [2.24, 2.45) is 0 Å². The van der Waals surface area contributed by atoms with Crippen LogP contribution in [-0.2, 0) is 4.79 Å². The van der Waals surface area contributed by atoms with Crippen LogP contribution in [0.2, 0.25) is 5.02 Å².